The molecule has 1 aliphatic rings. The van der Waals surface area contributed by atoms with E-state index in [0.717, 1.165) is 6.54 Å². The molecule has 1 heteroatoms. The van der Waals surface area contributed by atoms with Gasteiger partial charge in [0.25, 0.3) is 0 Å². The van der Waals surface area contributed by atoms with Crippen molar-refractivity contribution >= 4 is 22.5 Å². The van der Waals surface area contributed by atoms with Crippen LogP contribution < -0.4 is 4.90 Å². The summed E-state index contributed by atoms with van der Waals surface area (Å²) < 4.78 is 0. The molecule has 2 aromatic rings. The fourth-order valence-electron chi connectivity index (χ4n) is 2.25. The maximum atomic E-state index is 2.29. The Morgan fingerprint density at radius 3 is 2.67 bits per heavy atom. The highest BCUT2D eigenvalue weighted by molar-refractivity contribution is 6.02. The van der Waals surface area contributed by atoms with Gasteiger partial charge in [-0.25, -0.2) is 0 Å². The highest BCUT2D eigenvalue weighted by atomic mass is 15.1. The van der Waals surface area contributed by atoms with Crippen LogP contribution in [0.3, 0.4) is 0 Å². The second-order valence-electron chi connectivity index (χ2n) is 3.82. The summed E-state index contributed by atoms with van der Waals surface area (Å²) in [6.07, 6.45) is 4.36. The van der Waals surface area contributed by atoms with Crippen molar-refractivity contribution in [1.29, 1.82) is 0 Å². The van der Waals surface area contributed by atoms with Gasteiger partial charge in [0.2, 0.25) is 0 Å². The number of nitrogens with zero attached hydrogens (tertiary/aromatic N) is 1. The van der Waals surface area contributed by atoms with Crippen LogP contribution in [0.5, 0.6) is 0 Å². The zero-order chi connectivity index (χ0) is 10.3. The third kappa shape index (κ3) is 1.16. The molecule has 1 aliphatic heterocycles. The maximum absolute atomic E-state index is 2.29. The van der Waals surface area contributed by atoms with Crippen LogP contribution in [0, 0.1) is 0 Å². The Bertz CT molecular complexity index is 535. The third-order valence-corrected chi connectivity index (χ3v) is 3.00. The van der Waals surface area contributed by atoms with Gasteiger partial charge >= 0.3 is 0 Å². The lowest BCUT2D eigenvalue weighted by Crippen LogP contribution is -2.17. The first-order valence-corrected chi connectivity index (χ1v) is 5.37. The predicted octanol–water partition coefficient (Wildman–Crippen LogP) is 3.65. The van der Waals surface area contributed by atoms with Crippen molar-refractivity contribution in [2.75, 3.05) is 11.4 Å². The maximum Gasteiger partial charge on any atom is 0.0491 e. The van der Waals surface area contributed by atoms with Crippen molar-refractivity contribution in [3.8, 4) is 0 Å². The van der Waals surface area contributed by atoms with Gasteiger partial charge in [-0.15, -0.1) is 0 Å². The zero-order valence-electron chi connectivity index (χ0n) is 8.77. The van der Waals surface area contributed by atoms with E-state index >= 15 is 0 Å². The minimum Gasteiger partial charge on any atom is -0.348 e. The lowest BCUT2D eigenvalue weighted by Gasteiger charge is -2.24. The second-order valence-corrected chi connectivity index (χ2v) is 3.82. The molecule has 0 saturated heterocycles. The number of anilines is 1. The molecule has 0 unspecified atom stereocenters. The van der Waals surface area contributed by atoms with E-state index in [-0.39, 0.29) is 0 Å². The molecule has 0 fully saturated rings. The van der Waals surface area contributed by atoms with Crippen LogP contribution in [0.25, 0.3) is 16.8 Å². The van der Waals surface area contributed by atoms with Gasteiger partial charge in [-0.1, -0.05) is 30.3 Å². The smallest absolute Gasteiger partial charge is 0.0491 e. The summed E-state index contributed by atoms with van der Waals surface area (Å²) in [7, 11) is 0. The van der Waals surface area contributed by atoms with Crippen molar-refractivity contribution in [3.05, 3.63) is 48.2 Å². The van der Waals surface area contributed by atoms with Crippen molar-refractivity contribution in [2.24, 2.45) is 0 Å². The van der Waals surface area contributed by atoms with Crippen LogP contribution in [-0.4, -0.2) is 6.54 Å². The van der Waals surface area contributed by atoms with Crippen LogP contribution >= 0.6 is 0 Å². The Kier molecular flexibility index (Phi) is 1.78. The van der Waals surface area contributed by atoms with E-state index in [0.29, 0.717) is 0 Å². The summed E-state index contributed by atoms with van der Waals surface area (Å²) in [6.45, 7) is 3.20. The van der Waals surface area contributed by atoms with Crippen LogP contribution in [-0.2, 0) is 0 Å². The fourth-order valence-corrected chi connectivity index (χ4v) is 2.25. The summed E-state index contributed by atoms with van der Waals surface area (Å²) in [5.74, 6) is 0. The molecule has 74 valence electrons. The van der Waals surface area contributed by atoms with Crippen LogP contribution in [0.1, 0.15) is 12.5 Å². The molecule has 0 aromatic heterocycles. The van der Waals surface area contributed by atoms with Gasteiger partial charge in [-0.05, 0) is 30.0 Å². The monoisotopic (exact) mass is 195 g/mol. The first-order chi connectivity index (χ1) is 7.40. The molecule has 0 radical (unpaired) electrons. The van der Waals surface area contributed by atoms with E-state index in [1.54, 1.807) is 0 Å². The highest BCUT2D eigenvalue weighted by Crippen LogP contribution is 2.33. The standard InChI is InChI=1S/C14H13N/c1-2-15-10-9-12-6-3-5-11-7-4-8-13(15)14(11)12/h3-10H,2H2,1H3. The lowest BCUT2D eigenvalue weighted by molar-refractivity contribution is 1.02. The highest BCUT2D eigenvalue weighted by Gasteiger charge is 2.12. The molecule has 3 rings (SSSR count). The Labute approximate surface area is 89.6 Å². The Balaban J connectivity index is 2.41. The Morgan fingerprint density at radius 2 is 1.87 bits per heavy atom. The normalized spacial score (nSPS) is 13.5. The molecule has 2 aromatic carbocycles. The number of hydrogen-bond donors (Lipinski definition) is 0. The SMILES string of the molecule is CCN1C=Cc2cccc3cccc1c23. The third-order valence-electron chi connectivity index (χ3n) is 3.00. The molecule has 0 bridgehead atoms. The van der Waals surface area contributed by atoms with Gasteiger partial charge in [0.05, 0.1) is 0 Å². The van der Waals surface area contributed by atoms with E-state index in [2.05, 4.69) is 60.5 Å². The Hall–Kier alpha value is -1.76. The molecule has 1 nitrogen and oxygen atoms in total. The molecular weight excluding hydrogens is 182 g/mol. The molecule has 0 saturated carbocycles. The van der Waals surface area contributed by atoms with Crippen molar-refractivity contribution in [2.45, 2.75) is 6.92 Å². The topological polar surface area (TPSA) is 3.24 Å². The molecule has 0 spiro atoms. The predicted molar refractivity (Wildman–Crippen MR) is 66.0 cm³/mol. The van der Waals surface area contributed by atoms with Crippen molar-refractivity contribution in [1.82, 2.24) is 0 Å². The van der Waals surface area contributed by atoms with Gasteiger partial charge < -0.3 is 4.90 Å². The van der Waals surface area contributed by atoms with Gasteiger partial charge in [0, 0.05) is 23.8 Å². The van der Waals surface area contributed by atoms with Gasteiger partial charge in [0.1, 0.15) is 0 Å². The molecule has 0 aliphatic carbocycles. The summed E-state index contributed by atoms with van der Waals surface area (Å²) >= 11 is 0. The molecule has 1 heterocycles. The summed E-state index contributed by atoms with van der Waals surface area (Å²) in [6, 6.07) is 13.0. The fraction of sp³-hybridized carbons (Fsp3) is 0.143. The van der Waals surface area contributed by atoms with Crippen LogP contribution in [0.2, 0.25) is 0 Å². The molecule has 0 N–H and O–H groups in total. The van der Waals surface area contributed by atoms with Crippen molar-refractivity contribution in [3.63, 3.8) is 0 Å². The molecular formula is C14H13N. The first kappa shape index (κ1) is 8.54. The Morgan fingerprint density at radius 1 is 1.07 bits per heavy atom. The molecule has 15 heavy (non-hydrogen) atoms. The zero-order valence-corrected chi connectivity index (χ0v) is 8.77. The quantitative estimate of drug-likeness (QED) is 0.671. The van der Waals surface area contributed by atoms with E-state index in [1.807, 2.05) is 0 Å². The van der Waals surface area contributed by atoms with Crippen LogP contribution in [0.4, 0.5) is 5.69 Å². The second kappa shape index (κ2) is 3.13. The average Bonchev–Trinajstić information content (AvgIpc) is 2.30. The van der Waals surface area contributed by atoms with E-state index in [1.165, 1.54) is 22.0 Å². The van der Waals surface area contributed by atoms with E-state index < -0.39 is 0 Å². The van der Waals surface area contributed by atoms with Crippen LogP contribution in [0.15, 0.2) is 42.6 Å². The van der Waals surface area contributed by atoms with Gasteiger partial charge in [0.15, 0.2) is 0 Å². The van der Waals surface area contributed by atoms with E-state index in [4.69, 9.17) is 0 Å². The summed E-state index contributed by atoms with van der Waals surface area (Å²) in [4.78, 5) is 2.29. The average molecular weight is 195 g/mol. The minimum atomic E-state index is 1.02. The first-order valence-electron chi connectivity index (χ1n) is 5.37. The minimum absolute atomic E-state index is 1.02. The molecule has 0 atom stereocenters. The number of rotatable bonds is 1. The number of benzene rings is 2. The molecule has 0 amide bonds. The van der Waals surface area contributed by atoms with Gasteiger partial charge in [-0.3, -0.25) is 0 Å². The summed E-state index contributed by atoms with van der Waals surface area (Å²) in [5.41, 5.74) is 2.65. The van der Waals surface area contributed by atoms with E-state index in [9.17, 15) is 0 Å². The number of hydrogen-bond acceptors (Lipinski definition) is 1. The largest absolute Gasteiger partial charge is 0.348 e. The summed E-state index contributed by atoms with van der Waals surface area (Å²) in [5, 5.41) is 2.71. The van der Waals surface area contributed by atoms with Gasteiger partial charge in [-0.2, -0.15) is 0 Å². The lowest BCUT2D eigenvalue weighted by atomic mass is 10.00. The van der Waals surface area contributed by atoms with Crippen molar-refractivity contribution < 1.29 is 0 Å².